The van der Waals surface area contributed by atoms with Gasteiger partial charge in [0.25, 0.3) is 0 Å². The number of Topliss-reactive ketones (excluding diaryl/α,β-unsaturated/α-hetero) is 1. The number of anilines is 1. The Kier molecular flexibility index (Phi) is 2.84. The van der Waals surface area contributed by atoms with Crippen LogP contribution in [0.5, 0.6) is 0 Å². The molecule has 0 unspecified atom stereocenters. The van der Waals surface area contributed by atoms with Gasteiger partial charge in [0.05, 0.1) is 0 Å². The number of benzene rings is 1. The quantitative estimate of drug-likeness (QED) is 0.850. The summed E-state index contributed by atoms with van der Waals surface area (Å²) in [4.78, 5) is 14.5. The van der Waals surface area contributed by atoms with E-state index >= 15 is 0 Å². The lowest BCUT2D eigenvalue weighted by molar-refractivity contribution is 0.0972. The van der Waals surface area contributed by atoms with Crippen LogP contribution in [0.3, 0.4) is 0 Å². The second kappa shape index (κ2) is 4.59. The maximum Gasteiger partial charge on any atom is 0.163 e. The van der Waals surface area contributed by atoms with Crippen LogP contribution in [-0.4, -0.2) is 32.0 Å². The van der Waals surface area contributed by atoms with Gasteiger partial charge in [-0.25, -0.2) is 0 Å². The van der Waals surface area contributed by atoms with E-state index < -0.39 is 0 Å². The number of nitrogens with one attached hydrogen (secondary N) is 1. The van der Waals surface area contributed by atoms with E-state index in [9.17, 15) is 4.79 Å². The van der Waals surface area contributed by atoms with E-state index in [1.165, 1.54) is 37.2 Å². The third-order valence-corrected chi connectivity index (χ3v) is 5.33. The SMILES string of the molecule is O=C1CCCc2ccc(N3CC4(CCNCC4)C3)cc21. The van der Waals surface area contributed by atoms with Gasteiger partial charge in [0.1, 0.15) is 0 Å². The topological polar surface area (TPSA) is 32.3 Å². The van der Waals surface area contributed by atoms with Gasteiger partial charge < -0.3 is 10.2 Å². The first-order valence-corrected chi connectivity index (χ1v) is 7.88. The zero-order chi connectivity index (χ0) is 13.6. The van der Waals surface area contributed by atoms with Gasteiger partial charge in [-0.15, -0.1) is 0 Å². The minimum atomic E-state index is 0.338. The zero-order valence-corrected chi connectivity index (χ0v) is 12.0. The molecular weight excluding hydrogens is 248 g/mol. The summed E-state index contributed by atoms with van der Waals surface area (Å²) in [5.74, 6) is 0.338. The molecule has 1 aromatic carbocycles. The predicted molar refractivity (Wildman–Crippen MR) is 80.5 cm³/mol. The number of hydrogen-bond donors (Lipinski definition) is 1. The van der Waals surface area contributed by atoms with E-state index in [0.717, 1.165) is 37.9 Å². The van der Waals surface area contributed by atoms with Crippen LogP contribution in [0, 0.1) is 5.41 Å². The molecular formula is C17H22N2O. The Morgan fingerprint density at radius 2 is 1.90 bits per heavy atom. The van der Waals surface area contributed by atoms with Gasteiger partial charge in [-0.2, -0.15) is 0 Å². The van der Waals surface area contributed by atoms with Crippen LogP contribution in [0.2, 0.25) is 0 Å². The lowest BCUT2D eigenvalue weighted by Gasteiger charge is -2.53. The monoisotopic (exact) mass is 270 g/mol. The lowest BCUT2D eigenvalue weighted by Crippen LogP contribution is -2.60. The van der Waals surface area contributed by atoms with Crippen molar-refractivity contribution in [3.8, 4) is 0 Å². The third kappa shape index (κ3) is 1.96. The highest BCUT2D eigenvalue weighted by atomic mass is 16.1. The fourth-order valence-electron chi connectivity index (χ4n) is 4.03. The smallest absolute Gasteiger partial charge is 0.163 e. The molecule has 0 bridgehead atoms. The molecule has 0 saturated carbocycles. The van der Waals surface area contributed by atoms with Crippen molar-refractivity contribution >= 4 is 11.5 Å². The van der Waals surface area contributed by atoms with E-state index in [2.05, 4.69) is 28.4 Å². The summed E-state index contributed by atoms with van der Waals surface area (Å²) in [5.41, 5.74) is 4.04. The van der Waals surface area contributed by atoms with Gasteiger partial charge in [-0.05, 0) is 56.5 Å². The van der Waals surface area contributed by atoms with E-state index in [1.54, 1.807) is 0 Å². The normalized spacial score (nSPS) is 24.4. The van der Waals surface area contributed by atoms with Crippen LogP contribution in [0.1, 0.15) is 41.6 Å². The average molecular weight is 270 g/mol. The lowest BCUT2D eigenvalue weighted by atomic mass is 9.72. The summed E-state index contributed by atoms with van der Waals surface area (Å²) in [6.07, 6.45) is 5.41. The zero-order valence-electron chi connectivity index (χ0n) is 12.0. The summed E-state index contributed by atoms with van der Waals surface area (Å²) in [7, 11) is 0. The van der Waals surface area contributed by atoms with Crippen LogP contribution in [0.4, 0.5) is 5.69 Å². The van der Waals surface area contributed by atoms with Crippen LogP contribution in [0.15, 0.2) is 18.2 Å². The Morgan fingerprint density at radius 1 is 1.10 bits per heavy atom. The Balaban J connectivity index is 1.53. The predicted octanol–water partition coefficient (Wildman–Crippen LogP) is 2.40. The molecule has 20 heavy (non-hydrogen) atoms. The highest BCUT2D eigenvalue weighted by molar-refractivity contribution is 5.99. The van der Waals surface area contributed by atoms with Gasteiger partial charge in [-0.1, -0.05) is 6.07 Å². The number of carbonyl (C=O) groups is 1. The minimum Gasteiger partial charge on any atom is -0.370 e. The first-order valence-electron chi connectivity index (χ1n) is 7.88. The van der Waals surface area contributed by atoms with Gasteiger partial charge in [-0.3, -0.25) is 4.79 Å². The summed E-state index contributed by atoms with van der Waals surface area (Å²) >= 11 is 0. The van der Waals surface area contributed by atoms with Gasteiger partial charge in [0.2, 0.25) is 0 Å². The number of nitrogens with zero attached hydrogens (tertiary/aromatic N) is 1. The van der Waals surface area contributed by atoms with Crippen molar-refractivity contribution in [2.45, 2.75) is 32.1 Å². The van der Waals surface area contributed by atoms with Crippen molar-refractivity contribution in [1.82, 2.24) is 5.32 Å². The van der Waals surface area contributed by atoms with Crippen molar-refractivity contribution < 1.29 is 4.79 Å². The standard InChI is InChI=1S/C17H22N2O/c20-16-3-1-2-13-4-5-14(10-15(13)16)19-11-17(12-19)6-8-18-9-7-17/h4-5,10,18H,1-3,6-9,11-12H2. The Labute approximate surface area is 120 Å². The molecule has 4 rings (SSSR count). The summed E-state index contributed by atoms with van der Waals surface area (Å²) in [6, 6.07) is 6.53. The molecule has 0 aromatic heterocycles. The number of fused-ring (bicyclic) bond motifs is 1. The number of ketones is 1. The van der Waals surface area contributed by atoms with Crippen molar-refractivity contribution in [1.29, 1.82) is 0 Å². The molecule has 3 nitrogen and oxygen atoms in total. The highest BCUT2D eigenvalue weighted by Crippen LogP contribution is 2.41. The molecule has 2 saturated heterocycles. The Bertz CT molecular complexity index is 538. The molecule has 3 heteroatoms. The molecule has 2 heterocycles. The molecule has 2 fully saturated rings. The molecule has 2 aliphatic heterocycles. The van der Waals surface area contributed by atoms with Crippen LogP contribution in [0.25, 0.3) is 0 Å². The van der Waals surface area contributed by atoms with E-state index in [-0.39, 0.29) is 0 Å². The molecule has 1 aromatic rings. The molecule has 1 aliphatic carbocycles. The number of piperidine rings is 1. The number of hydrogen-bond acceptors (Lipinski definition) is 3. The molecule has 0 radical (unpaired) electrons. The molecule has 0 atom stereocenters. The van der Waals surface area contributed by atoms with Gasteiger partial charge in [0.15, 0.2) is 5.78 Å². The van der Waals surface area contributed by atoms with E-state index in [0.29, 0.717) is 11.2 Å². The van der Waals surface area contributed by atoms with Crippen molar-refractivity contribution in [3.63, 3.8) is 0 Å². The molecule has 1 spiro atoms. The van der Waals surface area contributed by atoms with E-state index in [1.807, 2.05) is 0 Å². The number of rotatable bonds is 1. The van der Waals surface area contributed by atoms with Gasteiger partial charge >= 0.3 is 0 Å². The Hall–Kier alpha value is -1.35. The second-order valence-electron chi connectivity index (χ2n) is 6.72. The van der Waals surface area contributed by atoms with E-state index in [4.69, 9.17) is 0 Å². The summed E-state index contributed by atoms with van der Waals surface area (Å²) < 4.78 is 0. The van der Waals surface area contributed by atoms with Crippen LogP contribution >= 0.6 is 0 Å². The molecule has 0 amide bonds. The summed E-state index contributed by atoms with van der Waals surface area (Å²) in [6.45, 7) is 4.66. The fourth-order valence-corrected chi connectivity index (χ4v) is 4.03. The fraction of sp³-hybridized carbons (Fsp3) is 0.588. The van der Waals surface area contributed by atoms with Crippen LogP contribution < -0.4 is 10.2 Å². The maximum atomic E-state index is 12.0. The molecule has 106 valence electrons. The number of carbonyl (C=O) groups excluding carboxylic acids is 1. The first-order chi connectivity index (χ1) is 9.76. The van der Waals surface area contributed by atoms with Gasteiger partial charge in [0, 0.05) is 36.2 Å². The molecule has 3 aliphatic rings. The minimum absolute atomic E-state index is 0.338. The Morgan fingerprint density at radius 3 is 2.70 bits per heavy atom. The number of aryl methyl sites for hydroxylation is 1. The van der Waals surface area contributed by atoms with Crippen LogP contribution in [-0.2, 0) is 6.42 Å². The summed E-state index contributed by atoms with van der Waals surface area (Å²) in [5, 5.41) is 3.45. The first kappa shape index (κ1) is 12.4. The van der Waals surface area contributed by atoms with Crippen molar-refractivity contribution in [2.75, 3.05) is 31.1 Å². The third-order valence-electron chi connectivity index (χ3n) is 5.33. The highest BCUT2D eigenvalue weighted by Gasteiger charge is 2.43. The molecule has 1 N–H and O–H groups in total. The maximum absolute atomic E-state index is 12.0. The average Bonchev–Trinajstić information content (AvgIpc) is 2.46. The van der Waals surface area contributed by atoms with Crippen molar-refractivity contribution in [2.24, 2.45) is 5.41 Å². The largest absolute Gasteiger partial charge is 0.370 e. The second-order valence-corrected chi connectivity index (χ2v) is 6.72. The van der Waals surface area contributed by atoms with Crippen molar-refractivity contribution in [3.05, 3.63) is 29.3 Å².